The normalized spacial score (nSPS) is 12.6. The molecule has 0 radical (unpaired) electrons. The summed E-state index contributed by atoms with van der Waals surface area (Å²) in [6, 6.07) is 4.05. The highest BCUT2D eigenvalue weighted by Crippen LogP contribution is 2.30. The third-order valence-electron chi connectivity index (χ3n) is 4.16. The van der Waals surface area contributed by atoms with Crippen LogP contribution in [0.3, 0.4) is 0 Å². The Bertz CT molecular complexity index is 568. The average molecular weight is 317 g/mol. The highest BCUT2D eigenvalue weighted by atomic mass is 32.2. The lowest BCUT2D eigenvalue weighted by Crippen LogP contribution is -2.38. The summed E-state index contributed by atoms with van der Waals surface area (Å²) in [4.78, 5) is -0.335. The predicted octanol–water partition coefficient (Wildman–Crippen LogP) is 2.60. The van der Waals surface area contributed by atoms with Crippen LogP contribution in [-0.2, 0) is 10.0 Å². The van der Waals surface area contributed by atoms with Gasteiger partial charge in [-0.25, -0.2) is 17.5 Å². The Kier molecular flexibility index (Phi) is 6.31. The van der Waals surface area contributed by atoms with Crippen molar-refractivity contribution < 1.29 is 17.9 Å². The molecule has 0 saturated heterocycles. The van der Waals surface area contributed by atoms with E-state index in [1.807, 2.05) is 13.8 Å². The van der Waals surface area contributed by atoms with Crippen molar-refractivity contribution in [3.63, 3.8) is 0 Å². The summed E-state index contributed by atoms with van der Waals surface area (Å²) in [6.45, 7) is 5.81. The van der Waals surface area contributed by atoms with Gasteiger partial charge < -0.3 is 5.11 Å². The zero-order valence-electron chi connectivity index (χ0n) is 12.8. The van der Waals surface area contributed by atoms with E-state index in [4.69, 9.17) is 5.11 Å². The Labute approximate surface area is 126 Å². The molecule has 6 heteroatoms. The average Bonchev–Trinajstić information content (AvgIpc) is 2.43. The van der Waals surface area contributed by atoms with E-state index in [9.17, 15) is 12.8 Å². The molecule has 4 nitrogen and oxygen atoms in total. The van der Waals surface area contributed by atoms with Crippen molar-refractivity contribution in [2.45, 2.75) is 44.9 Å². The van der Waals surface area contributed by atoms with E-state index in [2.05, 4.69) is 4.72 Å². The van der Waals surface area contributed by atoms with Crippen molar-refractivity contribution in [3.8, 4) is 0 Å². The number of rotatable bonds is 8. The summed E-state index contributed by atoms with van der Waals surface area (Å²) in [5, 5.41) is 9.15. The van der Waals surface area contributed by atoms with Crippen molar-refractivity contribution in [1.82, 2.24) is 4.72 Å². The molecule has 0 aliphatic heterocycles. The van der Waals surface area contributed by atoms with E-state index >= 15 is 0 Å². The SMILES string of the molecule is CCC(CC)(CCO)CNS(=O)(=O)c1ccc(C)cc1F. The van der Waals surface area contributed by atoms with E-state index in [-0.39, 0.29) is 23.5 Å². The lowest BCUT2D eigenvalue weighted by atomic mass is 9.80. The summed E-state index contributed by atoms with van der Waals surface area (Å²) in [5.41, 5.74) is 0.367. The summed E-state index contributed by atoms with van der Waals surface area (Å²) in [7, 11) is -3.89. The van der Waals surface area contributed by atoms with Gasteiger partial charge in [0.25, 0.3) is 0 Å². The van der Waals surface area contributed by atoms with Gasteiger partial charge in [-0.15, -0.1) is 0 Å². The van der Waals surface area contributed by atoms with Crippen LogP contribution >= 0.6 is 0 Å². The second kappa shape index (κ2) is 7.33. The van der Waals surface area contributed by atoms with Crippen LogP contribution < -0.4 is 4.72 Å². The molecule has 0 amide bonds. The first kappa shape index (κ1) is 18.1. The van der Waals surface area contributed by atoms with Crippen LogP contribution in [0.1, 0.15) is 38.7 Å². The number of halogens is 1. The quantitative estimate of drug-likeness (QED) is 0.774. The van der Waals surface area contributed by atoms with Crippen LogP contribution in [0.2, 0.25) is 0 Å². The predicted molar refractivity (Wildman–Crippen MR) is 81.0 cm³/mol. The zero-order valence-corrected chi connectivity index (χ0v) is 13.6. The molecule has 1 aromatic carbocycles. The smallest absolute Gasteiger partial charge is 0.243 e. The first-order chi connectivity index (χ1) is 9.80. The lowest BCUT2D eigenvalue weighted by Gasteiger charge is -2.31. The van der Waals surface area contributed by atoms with Crippen LogP contribution in [-0.4, -0.2) is 26.7 Å². The number of aliphatic hydroxyl groups excluding tert-OH is 1. The largest absolute Gasteiger partial charge is 0.396 e. The molecule has 2 N–H and O–H groups in total. The molecule has 0 unspecified atom stereocenters. The maximum atomic E-state index is 13.8. The minimum atomic E-state index is -3.89. The van der Waals surface area contributed by atoms with Crippen molar-refractivity contribution in [2.24, 2.45) is 5.41 Å². The molecule has 0 aromatic heterocycles. The summed E-state index contributed by atoms with van der Waals surface area (Å²) in [5.74, 6) is -0.747. The Morgan fingerprint density at radius 2 is 1.90 bits per heavy atom. The van der Waals surface area contributed by atoms with Crippen LogP contribution in [0.25, 0.3) is 0 Å². The van der Waals surface area contributed by atoms with Gasteiger partial charge in [-0.2, -0.15) is 0 Å². The van der Waals surface area contributed by atoms with E-state index in [1.54, 1.807) is 13.0 Å². The van der Waals surface area contributed by atoms with Gasteiger partial charge in [-0.1, -0.05) is 19.9 Å². The number of hydrogen-bond acceptors (Lipinski definition) is 3. The standard InChI is InChI=1S/C15H24FNO3S/c1-4-15(5-2,8-9-18)11-17-21(19,20)14-7-6-12(3)10-13(14)16/h6-7,10,17-18H,4-5,8-9,11H2,1-3H3. The topological polar surface area (TPSA) is 66.4 Å². The van der Waals surface area contributed by atoms with Crippen LogP contribution in [0.15, 0.2) is 23.1 Å². The Morgan fingerprint density at radius 3 is 2.38 bits per heavy atom. The van der Waals surface area contributed by atoms with Crippen LogP contribution in [0, 0.1) is 18.2 Å². The van der Waals surface area contributed by atoms with Gasteiger partial charge >= 0.3 is 0 Å². The Morgan fingerprint density at radius 1 is 1.29 bits per heavy atom. The number of benzene rings is 1. The Balaban J connectivity index is 2.94. The van der Waals surface area contributed by atoms with Gasteiger partial charge in [-0.3, -0.25) is 0 Å². The van der Waals surface area contributed by atoms with E-state index in [0.29, 0.717) is 12.0 Å². The number of nitrogens with one attached hydrogen (secondary N) is 1. The summed E-state index contributed by atoms with van der Waals surface area (Å²) < 4.78 is 40.8. The maximum Gasteiger partial charge on any atom is 0.243 e. The highest BCUT2D eigenvalue weighted by Gasteiger charge is 2.29. The van der Waals surface area contributed by atoms with Crippen molar-refractivity contribution >= 4 is 10.0 Å². The minimum absolute atomic E-state index is 0.00228. The highest BCUT2D eigenvalue weighted by molar-refractivity contribution is 7.89. The fourth-order valence-electron chi connectivity index (χ4n) is 2.33. The van der Waals surface area contributed by atoms with Gasteiger partial charge in [0.05, 0.1) is 0 Å². The van der Waals surface area contributed by atoms with Crippen molar-refractivity contribution in [1.29, 1.82) is 0 Å². The van der Waals surface area contributed by atoms with E-state index in [1.165, 1.54) is 12.1 Å². The van der Waals surface area contributed by atoms with E-state index < -0.39 is 15.8 Å². The molecule has 1 rings (SSSR count). The molecule has 0 fully saturated rings. The second-order valence-electron chi connectivity index (χ2n) is 5.44. The maximum absolute atomic E-state index is 13.8. The van der Waals surface area contributed by atoms with E-state index in [0.717, 1.165) is 12.8 Å². The molecule has 0 heterocycles. The number of hydrogen-bond donors (Lipinski definition) is 2. The third kappa shape index (κ3) is 4.49. The van der Waals surface area contributed by atoms with Crippen molar-refractivity contribution in [2.75, 3.05) is 13.2 Å². The number of aliphatic hydroxyl groups is 1. The first-order valence-corrected chi connectivity index (χ1v) is 8.65. The lowest BCUT2D eigenvalue weighted by molar-refractivity contribution is 0.170. The molecular formula is C15H24FNO3S. The summed E-state index contributed by atoms with van der Waals surface area (Å²) >= 11 is 0. The van der Waals surface area contributed by atoms with Crippen LogP contribution in [0.4, 0.5) is 4.39 Å². The molecule has 0 atom stereocenters. The van der Waals surface area contributed by atoms with Gasteiger partial charge in [0.1, 0.15) is 10.7 Å². The molecule has 120 valence electrons. The number of sulfonamides is 1. The monoisotopic (exact) mass is 317 g/mol. The van der Waals surface area contributed by atoms with Gasteiger partial charge in [0.2, 0.25) is 10.0 Å². The molecule has 0 bridgehead atoms. The molecule has 21 heavy (non-hydrogen) atoms. The fraction of sp³-hybridized carbons (Fsp3) is 0.600. The molecule has 0 aliphatic carbocycles. The molecule has 0 aliphatic rings. The molecular weight excluding hydrogens is 293 g/mol. The Hall–Kier alpha value is -0.980. The molecule has 0 saturated carbocycles. The van der Waals surface area contributed by atoms with Gasteiger partial charge in [-0.05, 0) is 49.3 Å². The zero-order chi connectivity index (χ0) is 16.1. The minimum Gasteiger partial charge on any atom is -0.396 e. The summed E-state index contributed by atoms with van der Waals surface area (Å²) in [6.07, 6.45) is 1.99. The number of aryl methyl sites for hydroxylation is 1. The second-order valence-corrected chi connectivity index (χ2v) is 7.17. The van der Waals surface area contributed by atoms with Gasteiger partial charge in [0, 0.05) is 13.2 Å². The van der Waals surface area contributed by atoms with Crippen LogP contribution in [0.5, 0.6) is 0 Å². The fourth-order valence-corrected chi connectivity index (χ4v) is 3.54. The third-order valence-corrected chi connectivity index (χ3v) is 5.59. The van der Waals surface area contributed by atoms with Crippen molar-refractivity contribution in [3.05, 3.63) is 29.6 Å². The molecule has 1 aromatic rings. The first-order valence-electron chi connectivity index (χ1n) is 7.17. The molecule has 0 spiro atoms. The van der Waals surface area contributed by atoms with Gasteiger partial charge in [0.15, 0.2) is 0 Å².